The highest BCUT2D eigenvalue weighted by molar-refractivity contribution is 9.10. The maximum atomic E-state index is 5.88. The van der Waals surface area contributed by atoms with Gasteiger partial charge in [-0.2, -0.15) is 0 Å². The van der Waals surface area contributed by atoms with Crippen molar-refractivity contribution in [3.63, 3.8) is 0 Å². The number of halogens is 2. The molecule has 0 fully saturated rings. The average Bonchev–Trinajstić information content (AvgIpc) is 2.08. The molecule has 1 aromatic rings. The van der Waals surface area contributed by atoms with Crippen molar-refractivity contribution < 1.29 is 0 Å². The van der Waals surface area contributed by atoms with Crippen molar-refractivity contribution in [3.05, 3.63) is 33.3 Å². The highest BCUT2D eigenvalue weighted by Gasteiger charge is 2.07. The second-order valence-corrected chi connectivity index (χ2v) is 3.97. The van der Waals surface area contributed by atoms with Crippen LogP contribution in [0.25, 0.3) is 0 Å². The van der Waals surface area contributed by atoms with E-state index in [9.17, 15) is 0 Å². The Kier molecular flexibility index (Phi) is 3.56. The molecule has 0 aliphatic heterocycles. The standard InChI is InChI=1S/C9H11BrClN/c1-2-9(12)7-5-6(11)3-4-8(7)10/h3-5,9H,2,12H2,1H3/t9-/m1/s1. The summed E-state index contributed by atoms with van der Waals surface area (Å²) >= 11 is 9.27. The van der Waals surface area contributed by atoms with Crippen molar-refractivity contribution in [2.45, 2.75) is 19.4 Å². The van der Waals surface area contributed by atoms with Crippen LogP contribution < -0.4 is 5.73 Å². The number of rotatable bonds is 2. The first-order chi connectivity index (χ1) is 5.65. The van der Waals surface area contributed by atoms with Crippen LogP contribution in [0.1, 0.15) is 24.9 Å². The fraction of sp³-hybridized carbons (Fsp3) is 0.333. The Labute approximate surface area is 86.0 Å². The summed E-state index contributed by atoms with van der Waals surface area (Å²) in [6, 6.07) is 5.74. The second kappa shape index (κ2) is 4.26. The molecule has 0 spiro atoms. The smallest absolute Gasteiger partial charge is 0.0410 e. The van der Waals surface area contributed by atoms with Gasteiger partial charge in [-0.25, -0.2) is 0 Å². The highest BCUT2D eigenvalue weighted by Crippen LogP contribution is 2.26. The van der Waals surface area contributed by atoms with Gasteiger partial charge in [-0.05, 0) is 30.2 Å². The first kappa shape index (κ1) is 10.0. The summed E-state index contributed by atoms with van der Waals surface area (Å²) in [5, 5.41) is 0.733. The van der Waals surface area contributed by atoms with E-state index in [1.807, 2.05) is 18.2 Å². The lowest BCUT2D eigenvalue weighted by atomic mass is 10.1. The van der Waals surface area contributed by atoms with Gasteiger partial charge in [-0.15, -0.1) is 0 Å². The van der Waals surface area contributed by atoms with Crippen molar-refractivity contribution in [1.29, 1.82) is 0 Å². The van der Waals surface area contributed by atoms with Crippen molar-refractivity contribution in [1.82, 2.24) is 0 Å². The number of benzene rings is 1. The molecule has 1 aromatic carbocycles. The first-order valence-electron chi connectivity index (χ1n) is 3.85. The van der Waals surface area contributed by atoms with Crippen LogP contribution >= 0.6 is 27.5 Å². The second-order valence-electron chi connectivity index (χ2n) is 2.68. The van der Waals surface area contributed by atoms with Crippen molar-refractivity contribution in [2.75, 3.05) is 0 Å². The molecule has 0 radical (unpaired) electrons. The summed E-state index contributed by atoms with van der Waals surface area (Å²) in [5.74, 6) is 0. The Hall–Kier alpha value is -0.0500. The maximum Gasteiger partial charge on any atom is 0.0410 e. The van der Waals surface area contributed by atoms with Gasteiger partial charge in [-0.3, -0.25) is 0 Å². The predicted molar refractivity (Wildman–Crippen MR) is 56.4 cm³/mol. The predicted octanol–water partition coefficient (Wildman–Crippen LogP) is 3.51. The fourth-order valence-electron chi connectivity index (χ4n) is 1.02. The lowest BCUT2D eigenvalue weighted by Crippen LogP contribution is -2.09. The molecule has 1 atom stereocenters. The third-order valence-corrected chi connectivity index (χ3v) is 2.75. The lowest BCUT2D eigenvalue weighted by molar-refractivity contribution is 0.695. The summed E-state index contributed by atoms with van der Waals surface area (Å²) in [7, 11) is 0. The lowest BCUT2D eigenvalue weighted by Gasteiger charge is -2.11. The maximum absolute atomic E-state index is 5.88. The van der Waals surface area contributed by atoms with Crippen LogP contribution in [0.4, 0.5) is 0 Å². The van der Waals surface area contributed by atoms with Gasteiger partial charge in [0, 0.05) is 15.5 Å². The van der Waals surface area contributed by atoms with E-state index in [1.165, 1.54) is 0 Å². The van der Waals surface area contributed by atoms with Crippen LogP contribution in [-0.2, 0) is 0 Å². The van der Waals surface area contributed by atoms with E-state index < -0.39 is 0 Å². The summed E-state index contributed by atoms with van der Waals surface area (Å²) in [6.07, 6.45) is 0.916. The van der Waals surface area contributed by atoms with Gasteiger partial charge in [0.1, 0.15) is 0 Å². The van der Waals surface area contributed by atoms with Crippen LogP contribution in [0, 0.1) is 0 Å². The van der Waals surface area contributed by atoms with Crippen molar-refractivity contribution in [3.8, 4) is 0 Å². The van der Waals surface area contributed by atoms with Gasteiger partial charge in [0.05, 0.1) is 0 Å². The Balaban J connectivity index is 3.04. The Morgan fingerprint density at radius 2 is 2.25 bits per heavy atom. The van der Waals surface area contributed by atoms with Crippen LogP contribution in [0.2, 0.25) is 5.02 Å². The first-order valence-corrected chi connectivity index (χ1v) is 5.02. The van der Waals surface area contributed by atoms with Crippen molar-refractivity contribution in [2.24, 2.45) is 5.73 Å². The van der Waals surface area contributed by atoms with E-state index in [-0.39, 0.29) is 6.04 Å². The monoisotopic (exact) mass is 247 g/mol. The number of hydrogen-bond donors (Lipinski definition) is 1. The van der Waals surface area contributed by atoms with Crippen LogP contribution in [0.15, 0.2) is 22.7 Å². The zero-order valence-electron chi connectivity index (χ0n) is 6.85. The third-order valence-electron chi connectivity index (χ3n) is 1.80. The molecule has 0 bridgehead atoms. The van der Waals surface area contributed by atoms with E-state index in [1.54, 1.807) is 0 Å². The van der Waals surface area contributed by atoms with Gasteiger partial charge in [0.2, 0.25) is 0 Å². The molecule has 66 valence electrons. The molecule has 0 saturated carbocycles. The van der Waals surface area contributed by atoms with E-state index in [4.69, 9.17) is 17.3 Å². The minimum Gasteiger partial charge on any atom is -0.324 e. The van der Waals surface area contributed by atoms with Crippen LogP contribution in [0.3, 0.4) is 0 Å². The molecule has 2 N–H and O–H groups in total. The van der Waals surface area contributed by atoms with Gasteiger partial charge in [0.25, 0.3) is 0 Å². The largest absolute Gasteiger partial charge is 0.324 e. The molecular formula is C9H11BrClN. The molecule has 0 amide bonds. The van der Waals surface area contributed by atoms with Gasteiger partial charge in [-0.1, -0.05) is 34.5 Å². The molecule has 0 aliphatic rings. The highest BCUT2D eigenvalue weighted by atomic mass is 79.9. The molecule has 0 saturated heterocycles. The number of nitrogens with two attached hydrogens (primary N) is 1. The minimum atomic E-state index is 0.0677. The summed E-state index contributed by atoms with van der Waals surface area (Å²) in [4.78, 5) is 0. The summed E-state index contributed by atoms with van der Waals surface area (Å²) in [5.41, 5.74) is 6.95. The SMILES string of the molecule is CC[C@@H](N)c1cc(Cl)ccc1Br. The van der Waals surface area contributed by atoms with Gasteiger partial charge < -0.3 is 5.73 Å². The van der Waals surface area contributed by atoms with Crippen LogP contribution in [0.5, 0.6) is 0 Å². The molecule has 12 heavy (non-hydrogen) atoms. The molecule has 1 rings (SSSR count). The quantitative estimate of drug-likeness (QED) is 0.851. The van der Waals surface area contributed by atoms with Gasteiger partial charge in [0.15, 0.2) is 0 Å². The van der Waals surface area contributed by atoms with E-state index in [0.29, 0.717) is 0 Å². The Morgan fingerprint density at radius 1 is 1.58 bits per heavy atom. The normalized spacial score (nSPS) is 13.0. The van der Waals surface area contributed by atoms with E-state index in [2.05, 4.69) is 22.9 Å². The Morgan fingerprint density at radius 3 is 2.83 bits per heavy atom. The molecule has 0 aliphatic carbocycles. The molecule has 3 heteroatoms. The molecule has 0 heterocycles. The van der Waals surface area contributed by atoms with Gasteiger partial charge >= 0.3 is 0 Å². The fourth-order valence-corrected chi connectivity index (χ4v) is 1.74. The molecular weight excluding hydrogens is 237 g/mol. The van der Waals surface area contributed by atoms with Crippen molar-refractivity contribution >= 4 is 27.5 Å². The Bertz CT molecular complexity index is 275. The summed E-state index contributed by atoms with van der Waals surface area (Å²) < 4.78 is 1.03. The number of hydrogen-bond acceptors (Lipinski definition) is 1. The summed E-state index contributed by atoms with van der Waals surface area (Å²) in [6.45, 7) is 2.05. The zero-order chi connectivity index (χ0) is 9.14. The zero-order valence-corrected chi connectivity index (χ0v) is 9.19. The average molecular weight is 249 g/mol. The molecule has 0 aromatic heterocycles. The van der Waals surface area contributed by atoms with Crippen LogP contribution in [-0.4, -0.2) is 0 Å². The third kappa shape index (κ3) is 2.22. The molecule has 1 nitrogen and oxygen atoms in total. The van der Waals surface area contributed by atoms with E-state index in [0.717, 1.165) is 21.5 Å². The minimum absolute atomic E-state index is 0.0677. The van der Waals surface area contributed by atoms with E-state index >= 15 is 0 Å². The topological polar surface area (TPSA) is 26.0 Å². The molecule has 0 unspecified atom stereocenters.